The fourth-order valence-electron chi connectivity index (χ4n) is 4.09. The second-order valence-corrected chi connectivity index (χ2v) is 7.47. The molecule has 0 saturated carbocycles. The van der Waals surface area contributed by atoms with Gasteiger partial charge in [-0.3, -0.25) is 14.9 Å². The van der Waals surface area contributed by atoms with Crippen molar-refractivity contribution in [1.29, 1.82) is 0 Å². The molecule has 3 aliphatic rings. The molecule has 7 heteroatoms. The van der Waals surface area contributed by atoms with Gasteiger partial charge in [-0.25, -0.2) is 9.67 Å². The van der Waals surface area contributed by atoms with Crippen molar-refractivity contribution in [2.45, 2.75) is 70.5 Å². The van der Waals surface area contributed by atoms with Gasteiger partial charge in [0.05, 0.1) is 6.04 Å². The third-order valence-corrected chi connectivity index (χ3v) is 5.57. The van der Waals surface area contributed by atoms with E-state index in [1.54, 1.807) is 6.33 Å². The van der Waals surface area contributed by atoms with Crippen molar-refractivity contribution in [2.24, 2.45) is 15.0 Å². The van der Waals surface area contributed by atoms with Gasteiger partial charge in [-0.05, 0) is 51.2 Å². The summed E-state index contributed by atoms with van der Waals surface area (Å²) in [4.78, 5) is 21.1. The number of aliphatic imine (C=N–C) groups is 3. The number of fused-ring (bicyclic) bond motifs is 1. The minimum atomic E-state index is 0.168. The second kappa shape index (κ2) is 8.20. The molecule has 1 aromatic heterocycles. The van der Waals surface area contributed by atoms with Crippen LogP contribution in [0.25, 0.3) is 0 Å². The maximum absolute atomic E-state index is 4.80. The zero-order chi connectivity index (χ0) is 17.8. The first-order valence-electron chi connectivity index (χ1n) is 10.1. The van der Waals surface area contributed by atoms with Gasteiger partial charge in [-0.2, -0.15) is 10.1 Å². The van der Waals surface area contributed by atoms with Crippen molar-refractivity contribution >= 4 is 23.6 Å². The van der Waals surface area contributed by atoms with Crippen LogP contribution in [-0.4, -0.2) is 63.0 Å². The molecule has 3 aliphatic heterocycles. The van der Waals surface area contributed by atoms with Gasteiger partial charge < -0.3 is 0 Å². The number of rotatable bonds is 6. The van der Waals surface area contributed by atoms with Crippen LogP contribution < -0.4 is 0 Å². The van der Waals surface area contributed by atoms with Gasteiger partial charge in [-0.1, -0.05) is 6.92 Å². The predicted octanol–water partition coefficient (Wildman–Crippen LogP) is 3.21. The van der Waals surface area contributed by atoms with Gasteiger partial charge in [0.15, 0.2) is 0 Å². The van der Waals surface area contributed by atoms with E-state index in [1.165, 1.54) is 37.1 Å². The predicted molar refractivity (Wildman–Crippen MR) is 105 cm³/mol. The summed E-state index contributed by atoms with van der Waals surface area (Å²) in [5.41, 5.74) is 2.54. The molecular formula is C19H29N7. The summed E-state index contributed by atoms with van der Waals surface area (Å²) in [7, 11) is 0. The van der Waals surface area contributed by atoms with Crippen molar-refractivity contribution in [1.82, 2.24) is 19.7 Å². The minimum absolute atomic E-state index is 0.168. The Balaban J connectivity index is 1.59. The van der Waals surface area contributed by atoms with Gasteiger partial charge in [0.1, 0.15) is 12.5 Å². The lowest BCUT2D eigenvalue weighted by molar-refractivity contribution is 0.140. The molecule has 140 valence electrons. The van der Waals surface area contributed by atoms with Crippen LogP contribution >= 0.6 is 0 Å². The van der Waals surface area contributed by atoms with Crippen molar-refractivity contribution < 1.29 is 0 Å². The number of hydrogen-bond donors (Lipinski definition) is 0. The van der Waals surface area contributed by atoms with Crippen molar-refractivity contribution in [3.63, 3.8) is 0 Å². The summed E-state index contributed by atoms with van der Waals surface area (Å²) in [5.74, 6) is 0.737. The van der Waals surface area contributed by atoms with E-state index in [2.05, 4.69) is 33.1 Å². The molecule has 0 aliphatic carbocycles. The first-order chi connectivity index (χ1) is 12.8. The van der Waals surface area contributed by atoms with Crippen LogP contribution in [0.3, 0.4) is 0 Å². The zero-order valence-corrected chi connectivity index (χ0v) is 15.7. The third kappa shape index (κ3) is 3.92. The molecule has 0 spiro atoms. The average molecular weight is 355 g/mol. The Morgan fingerprint density at radius 2 is 2.19 bits per heavy atom. The number of nitrogens with zero attached hydrogens (tertiary/aromatic N) is 7. The molecule has 0 N–H and O–H groups in total. The number of hydrogen-bond acceptors (Lipinski definition) is 6. The molecule has 0 aromatic carbocycles. The van der Waals surface area contributed by atoms with Crippen molar-refractivity contribution in [3.8, 4) is 0 Å². The number of aromatic nitrogens is 3. The fourth-order valence-corrected chi connectivity index (χ4v) is 4.09. The van der Waals surface area contributed by atoms with Crippen LogP contribution in [0, 0.1) is 0 Å². The smallest absolute Gasteiger partial charge is 0.249 e. The molecule has 4 heterocycles. The average Bonchev–Trinajstić information content (AvgIpc) is 3.17. The van der Waals surface area contributed by atoms with E-state index in [9.17, 15) is 0 Å². The molecule has 0 saturated heterocycles. The highest BCUT2D eigenvalue weighted by Crippen LogP contribution is 2.30. The Morgan fingerprint density at radius 1 is 1.23 bits per heavy atom. The third-order valence-electron chi connectivity index (χ3n) is 5.57. The first-order valence-corrected chi connectivity index (χ1v) is 10.1. The highest BCUT2D eigenvalue weighted by Gasteiger charge is 2.31. The molecule has 2 unspecified atom stereocenters. The van der Waals surface area contributed by atoms with Gasteiger partial charge in [-0.15, -0.1) is 0 Å². The van der Waals surface area contributed by atoms with E-state index in [0.717, 1.165) is 51.3 Å². The minimum Gasteiger partial charge on any atom is -0.293 e. The molecule has 0 amide bonds. The van der Waals surface area contributed by atoms with Crippen molar-refractivity contribution in [3.05, 3.63) is 6.33 Å². The molecule has 7 nitrogen and oxygen atoms in total. The lowest BCUT2D eigenvalue weighted by Crippen LogP contribution is -2.43. The van der Waals surface area contributed by atoms with E-state index < -0.39 is 0 Å². The SMILES string of the molecule is CCC1=Nc2ncnn2C(N(CC2=NCCCC2)CC2CCCC=N2)C1. The molecular weight excluding hydrogens is 326 g/mol. The molecule has 0 radical (unpaired) electrons. The van der Waals surface area contributed by atoms with E-state index >= 15 is 0 Å². The Bertz CT molecular complexity index is 702. The van der Waals surface area contributed by atoms with Crippen molar-refractivity contribution in [2.75, 3.05) is 19.6 Å². The van der Waals surface area contributed by atoms with E-state index in [0.29, 0.717) is 6.04 Å². The molecule has 4 rings (SSSR count). The van der Waals surface area contributed by atoms with E-state index in [-0.39, 0.29) is 6.17 Å². The Labute approximate surface area is 155 Å². The molecule has 0 bridgehead atoms. The summed E-state index contributed by atoms with van der Waals surface area (Å²) in [6.07, 6.45) is 12.9. The molecule has 1 aromatic rings. The highest BCUT2D eigenvalue weighted by molar-refractivity contribution is 5.88. The topological polar surface area (TPSA) is 71.0 Å². The Morgan fingerprint density at radius 3 is 2.96 bits per heavy atom. The van der Waals surface area contributed by atoms with E-state index in [4.69, 9.17) is 9.98 Å². The largest absolute Gasteiger partial charge is 0.293 e. The lowest BCUT2D eigenvalue weighted by Gasteiger charge is -2.36. The quantitative estimate of drug-likeness (QED) is 0.786. The summed E-state index contributed by atoms with van der Waals surface area (Å²) in [6.45, 7) is 5.01. The lowest BCUT2D eigenvalue weighted by atomic mass is 10.0. The Hall–Kier alpha value is -1.89. The summed E-state index contributed by atoms with van der Waals surface area (Å²) in [6, 6.07) is 0.379. The Kier molecular flexibility index (Phi) is 5.53. The second-order valence-electron chi connectivity index (χ2n) is 7.47. The maximum atomic E-state index is 4.80. The normalized spacial score (nSPS) is 25.8. The fraction of sp³-hybridized carbons (Fsp3) is 0.737. The van der Waals surface area contributed by atoms with Crippen LogP contribution in [0.2, 0.25) is 0 Å². The summed E-state index contributed by atoms with van der Waals surface area (Å²) < 4.78 is 2.00. The van der Waals surface area contributed by atoms with Crippen LogP contribution in [0.4, 0.5) is 5.95 Å². The van der Waals surface area contributed by atoms with Crippen LogP contribution in [0.15, 0.2) is 21.3 Å². The summed E-state index contributed by atoms with van der Waals surface area (Å²) >= 11 is 0. The van der Waals surface area contributed by atoms with Crippen LogP contribution in [-0.2, 0) is 0 Å². The monoisotopic (exact) mass is 355 g/mol. The first kappa shape index (κ1) is 17.5. The van der Waals surface area contributed by atoms with Gasteiger partial charge in [0.25, 0.3) is 0 Å². The van der Waals surface area contributed by atoms with Crippen LogP contribution in [0.5, 0.6) is 0 Å². The maximum Gasteiger partial charge on any atom is 0.249 e. The summed E-state index contributed by atoms with van der Waals surface area (Å²) in [5, 5.41) is 4.49. The van der Waals surface area contributed by atoms with Gasteiger partial charge in [0, 0.05) is 37.5 Å². The highest BCUT2D eigenvalue weighted by atomic mass is 15.5. The van der Waals surface area contributed by atoms with Gasteiger partial charge in [0.2, 0.25) is 5.95 Å². The standard InChI is InChI=1S/C19H29N7/c1-2-15-11-18(26-19(24-15)22-14-23-26)25(12-16-7-3-5-9-20-16)13-17-8-4-6-10-21-17/h9,14,16,18H,2-8,10-13H2,1H3. The van der Waals surface area contributed by atoms with E-state index in [1.807, 2.05) is 4.68 Å². The van der Waals surface area contributed by atoms with Crippen LogP contribution in [0.1, 0.15) is 64.5 Å². The molecule has 2 atom stereocenters. The molecule has 26 heavy (non-hydrogen) atoms. The zero-order valence-electron chi connectivity index (χ0n) is 15.7. The van der Waals surface area contributed by atoms with Gasteiger partial charge >= 0.3 is 0 Å². The molecule has 0 fully saturated rings.